The predicted molar refractivity (Wildman–Crippen MR) is 31.9 cm³/mol. The highest BCUT2D eigenvalue weighted by molar-refractivity contribution is 8.00. The van der Waals surface area contributed by atoms with Crippen LogP contribution in [0.15, 0.2) is 11.1 Å². The molecular weight excluding hydrogens is 136 g/mol. The summed E-state index contributed by atoms with van der Waals surface area (Å²) in [5, 5.41) is 19.3. The molecule has 0 amide bonds. The van der Waals surface area contributed by atoms with Crippen LogP contribution in [0.3, 0.4) is 0 Å². The Bertz CT molecular complexity index is 220. The highest BCUT2D eigenvalue weighted by Crippen LogP contribution is 2.14. The van der Waals surface area contributed by atoms with Gasteiger partial charge in [0.25, 0.3) is 0 Å². The molecule has 0 saturated heterocycles. The maximum absolute atomic E-state index is 8.30. The molecule has 5 heteroatoms. The van der Waals surface area contributed by atoms with Crippen molar-refractivity contribution in [1.29, 1.82) is 10.5 Å². The topological polar surface area (TPSA) is 62.9 Å². The van der Waals surface area contributed by atoms with Crippen molar-refractivity contribution in [3.05, 3.63) is 11.1 Å². The van der Waals surface area contributed by atoms with Crippen LogP contribution in [0.5, 0.6) is 0 Å². The van der Waals surface area contributed by atoms with Gasteiger partial charge in [0.1, 0.15) is 6.07 Å². The number of nitrogens with one attached hydrogen (secondary N) is 1. The lowest BCUT2D eigenvalue weighted by Crippen LogP contribution is -2.21. The van der Waals surface area contributed by atoms with Crippen LogP contribution in [-0.2, 0) is 0 Å². The Morgan fingerprint density at radius 2 is 2.44 bits per heavy atom. The fourth-order valence-electron chi connectivity index (χ4n) is 0.387. The number of hydrogen-bond acceptors (Lipinski definition) is 5. The van der Waals surface area contributed by atoms with Crippen LogP contribution in [0, 0.1) is 22.8 Å². The first-order chi connectivity index (χ1) is 4.38. The second-order valence-corrected chi connectivity index (χ2v) is 1.91. The van der Waals surface area contributed by atoms with E-state index in [0.29, 0.717) is 5.70 Å². The Morgan fingerprint density at radius 3 is 2.89 bits per heavy atom. The third kappa shape index (κ3) is 0.968. The van der Waals surface area contributed by atoms with Gasteiger partial charge in [-0.25, -0.2) is 0 Å². The van der Waals surface area contributed by atoms with Crippen LogP contribution in [0.4, 0.5) is 0 Å². The molecule has 1 aliphatic heterocycles. The molecule has 0 unspecified atom stereocenters. The minimum atomic E-state index is 0.336. The Morgan fingerprint density at radius 1 is 1.67 bits per heavy atom. The lowest BCUT2D eigenvalue weighted by Gasteiger charge is -2.02. The summed E-state index contributed by atoms with van der Waals surface area (Å²) in [5.74, 6) is 0. The zero-order valence-corrected chi connectivity index (χ0v) is 5.14. The van der Waals surface area contributed by atoms with E-state index in [2.05, 4.69) is 4.83 Å². The molecule has 44 valence electrons. The Hall–Kier alpha value is -1.17. The van der Waals surface area contributed by atoms with Crippen LogP contribution in [-0.4, -0.2) is 5.01 Å². The first-order valence-electron chi connectivity index (χ1n) is 2.10. The summed E-state index contributed by atoms with van der Waals surface area (Å²) in [6, 6.07) is 1.85. The second kappa shape index (κ2) is 2.40. The molecular formula is C4H2N4S. The van der Waals surface area contributed by atoms with Crippen LogP contribution < -0.4 is 4.83 Å². The van der Waals surface area contributed by atoms with Gasteiger partial charge in [-0.05, 0) is 11.9 Å². The van der Waals surface area contributed by atoms with Crippen molar-refractivity contribution in [2.24, 2.45) is 0 Å². The molecule has 0 saturated carbocycles. The number of nitriles is 2. The normalized spacial score (nSPS) is 16.2. The van der Waals surface area contributed by atoms with Gasteiger partial charge in [-0.3, -0.25) is 0 Å². The maximum Gasteiger partial charge on any atom is 0.201 e. The third-order valence-electron chi connectivity index (χ3n) is 0.770. The van der Waals surface area contributed by atoms with Crippen molar-refractivity contribution in [2.75, 3.05) is 0 Å². The van der Waals surface area contributed by atoms with Crippen LogP contribution in [0.25, 0.3) is 0 Å². The summed E-state index contributed by atoms with van der Waals surface area (Å²) in [6.07, 6.45) is 1.78. The molecule has 4 nitrogen and oxygen atoms in total. The summed E-state index contributed by atoms with van der Waals surface area (Å²) < 4.78 is 0. The third-order valence-corrected chi connectivity index (χ3v) is 1.40. The zero-order valence-electron chi connectivity index (χ0n) is 4.33. The van der Waals surface area contributed by atoms with Crippen molar-refractivity contribution < 1.29 is 0 Å². The molecule has 0 atom stereocenters. The van der Waals surface area contributed by atoms with Gasteiger partial charge < -0.3 is 0 Å². The summed E-state index contributed by atoms with van der Waals surface area (Å²) >= 11 is 1.21. The summed E-state index contributed by atoms with van der Waals surface area (Å²) in [7, 11) is 0. The van der Waals surface area contributed by atoms with Gasteiger partial charge in [0.2, 0.25) is 6.19 Å². The van der Waals surface area contributed by atoms with E-state index >= 15 is 0 Å². The van der Waals surface area contributed by atoms with E-state index in [1.165, 1.54) is 11.9 Å². The number of allylic oxidation sites excluding steroid dienone is 1. The van der Waals surface area contributed by atoms with Crippen molar-refractivity contribution in [2.45, 2.75) is 0 Å². The number of hydrazine groups is 1. The first kappa shape index (κ1) is 5.96. The average molecular weight is 138 g/mol. The lowest BCUT2D eigenvalue weighted by atomic mass is 10.5. The SMILES string of the molecule is N#CC1=CSNN1C#N. The van der Waals surface area contributed by atoms with E-state index in [1.807, 2.05) is 6.07 Å². The average Bonchev–Trinajstić information content (AvgIpc) is 2.33. The number of rotatable bonds is 0. The molecule has 0 radical (unpaired) electrons. The van der Waals surface area contributed by atoms with Gasteiger partial charge >= 0.3 is 0 Å². The van der Waals surface area contributed by atoms with Crippen molar-refractivity contribution in [3.63, 3.8) is 0 Å². The van der Waals surface area contributed by atoms with E-state index in [1.54, 1.807) is 11.6 Å². The highest BCUT2D eigenvalue weighted by atomic mass is 32.2. The summed E-state index contributed by atoms with van der Waals surface area (Å²) in [6.45, 7) is 0. The summed E-state index contributed by atoms with van der Waals surface area (Å²) in [4.78, 5) is 2.58. The molecule has 0 fully saturated rings. The Balaban J connectivity index is 2.74. The molecule has 0 aromatic heterocycles. The van der Waals surface area contributed by atoms with E-state index < -0.39 is 0 Å². The van der Waals surface area contributed by atoms with Gasteiger partial charge in [-0.2, -0.15) is 20.4 Å². The fraction of sp³-hybridized carbons (Fsp3) is 0. The van der Waals surface area contributed by atoms with E-state index in [9.17, 15) is 0 Å². The molecule has 1 aliphatic rings. The molecule has 0 spiro atoms. The van der Waals surface area contributed by atoms with Crippen LogP contribution >= 0.6 is 11.9 Å². The molecule has 0 aromatic rings. The standard InChI is InChI=1S/C4H2N4S/c5-1-4-2-9-7-8(4)3-6/h2,7H. The van der Waals surface area contributed by atoms with E-state index in [4.69, 9.17) is 10.5 Å². The van der Waals surface area contributed by atoms with Gasteiger partial charge in [-0.1, -0.05) is 0 Å². The predicted octanol–water partition coefficient (Wildman–Crippen LogP) is 0.301. The van der Waals surface area contributed by atoms with Crippen LogP contribution in [0.1, 0.15) is 0 Å². The Labute approximate surface area is 56.5 Å². The minimum Gasteiger partial charge on any atom is -0.191 e. The Kier molecular flexibility index (Phi) is 1.59. The van der Waals surface area contributed by atoms with Gasteiger partial charge in [0.15, 0.2) is 5.70 Å². The number of hydrogen-bond donors (Lipinski definition) is 1. The molecule has 9 heavy (non-hydrogen) atoms. The summed E-state index contributed by atoms with van der Waals surface area (Å²) in [5.41, 5.74) is 0.336. The minimum absolute atomic E-state index is 0.336. The maximum atomic E-state index is 8.30. The van der Waals surface area contributed by atoms with Gasteiger partial charge in [-0.15, -0.1) is 0 Å². The van der Waals surface area contributed by atoms with Crippen LogP contribution in [0.2, 0.25) is 0 Å². The quantitative estimate of drug-likeness (QED) is 0.385. The molecule has 1 N–H and O–H groups in total. The first-order valence-corrected chi connectivity index (χ1v) is 2.98. The molecule has 1 heterocycles. The largest absolute Gasteiger partial charge is 0.201 e. The molecule has 0 bridgehead atoms. The van der Waals surface area contributed by atoms with Crippen molar-refractivity contribution >= 4 is 11.9 Å². The van der Waals surface area contributed by atoms with Crippen molar-refractivity contribution in [3.8, 4) is 12.3 Å². The lowest BCUT2D eigenvalue weighted by molar-refractivity contribution is 0.491. The molecule has 0 aromatic carbocycles. The second-order valence-electron chi connectivity index (χ2n) is 1.26. The van der Waals surface area contributed by atoms with Crippen molar-refractivity contribution in [1.82, 2.24) is 9.84 Å². The zero-order chi connectivity index (χ0) is 6.69. The van der Waals surface area contributed by atoms with Gasteiger partial charge in [0.05, 0.1) is 0 Å². The number of nitrogens with zero attached hydrogens (tertiary/aromatic N) is 3. The molecule has 0 aliphatic carbocycles. The van der Waals surface area contributed by atoms with Gasteiger partial charge in [0, 0.05) is 5.41 Å². The van der Waals surface area contributed by atoms with E-state index in [-0.39, 0.29) is 0 Å². The fourth-order valence-corrected chi connectivity index (χ4v) is 0.954. The molecule has 1 rings (SSSR count). The monoisotopic (exact) mass is 138 g/mol. The smallest absolute Gasteiger partial charge is 0.191 e. The highest BCUT2D eigenvalue weighted by Gasteiger charge is 2.12. The van der Waals surface area contributed by atoms with E-state index in [0.717, 1.165) is 5.01 Å².